The number of halogens is 1. The molecule has 0 aromatic carbocycles. The zero-order valence-electron chi connectivity index (χ0n) is 18.8. The number of nitrogens with zero attached hydrogens (tertiary/aromatic N) is 5. The number of fused-ring (bicyclic) bond motifs is 1. The highest BCUT2D eigenvalue weighted by Gasteiger charge is 2.35. The van der Waals surface area contributed by atoms with Crippen molar-refractivity contribution < 1.29 is 9.53 Å². The number of rotatable bonds is 4. The van der Waals surface area contributed by atoms with Crippen LogP contribution in [0.4, 0.5) is 17.5 Å². The van der Waals surface area contributed by atoms with Crippen molar-refractivity contribution in [1.29, 1.82) is 0 Å². The molecule has 1 amide bonds. The lowest BCUT2D eigenvalue weighted by Crippen LogP contribution is -2.49. The van der Waals surface area contributed by atoms with Gasteiger partial charge in [0.05, 0.1) is 25.9 Å². The quantitative estimate of drug-likeness (QED) is 0.728. The first-order chi connectivity index (χ1) is 14.2. The number of methoxy groups -OCH3 is 1. The first-order valence-corrected chi connectivity index (χ1v) is 10.4. The second kappa shape index (κ2) is 9.93. The summed E-state index contributed by atoms with van der Waals surface area (Å²) in [5.41, 5.74) is 8.97. The van der Waals surface area contributed by atoms with Gasteiger partial charge in [-0.2, -0.15) is 9.97 Å². The van der Waals surface area contributed by atoms with Gasteiger partial charge < -0.3 is 20.3 Å². The number of aryl methyl sites for hydroxylation is 1. The van der Waals surface area contributed by atoms with E-state index in [1.54, 1.807) is 18.2 Å². The third-order valence-corrected chi connectivity index (χ3v) is 4.85. The molecule has 2 aromatic rings. The summed E-state index contributed by atoms with van der Waals surface area (Å²) in [5, 5.41) is 0.162. The van der Waals surface area contributed by atoms with Crippen molar-refractivity contribution in [2.45, 2.75) is 60.5 Å². The fourth-order valence-corrected chi connectivity index (χ4v) is 3.65. The molecule has 0 spiro atoms. The van der Waals surface area contributed by atoms with E-state index in [9.17, 15) is 4.79 Å². The van der Waals surface area contributed by atoms with E-state index in [4.69, 9.17) is 22.1 Å². The van der Waals surface area contributed by atoms with Gasteiger partial charge in [0.2, 0.25) is 11.9 Å². The Bertz CT molecular complexity index is 919. The average molecular weight is 435 g/mol. The molecule has 0 saturated carbocycles. The fourth-order valence-electron chi connectivity index (χ4n) is 3.39. The lowest BCUT2D eigenvalue weighted by atomic mass is 10.1. The van der Waals surface area contributed by atoms with Gasteiger partial charge in [-0.15, -0.1) is 0 Å². The minimum absolute atomic E-state index is 0.0629. The molecule has 1 aliphatic heterocycles. The van der Waals surface area contributed by atoms with Crippen molar-refractivity contribution in [1.82, 2.24) is 15.0 Å². The Morgan fingerprint density at radius 1 is 1.27 bits per heavy atom. The Balaban J connectivity index is 0.00000101. The minimum atomic E-state index is -0.0811. The van der Waals surface area contributed by atoms with Gasteiger partial charge >= 0.3 is 0 Å². The summed E-state index contributed by atoms with van der Waals surface area (Å²) in [6, 6.07) is -0.0811. The van der Waals surface area contributed by atoms with E-state index < -0.39 is 0 Å². The smallest absolute Gasteiger partial charge is 0.247 e. The zero-order chi connectivity index (χ0) is 22.6. The number of amides is 1. The second-order valence-electron chi connectivity index (χ2n) is 7.51. The van der Waals surface area contributed by atoms with E-state index in [1.807, 2.05) is 32.6 Å². The summed E-state index contributed by atoms with van der Waals surface area (Å²) < 4.78 is 5.48. The SMILES string of the molecule is CCC.COc1c(C)cnc(CN2CC(=O)N(C(C)C)c3c(Cl)nc(N)nc32)c1C. The summed E-state index contributed by atoms with van der Waals surface area (Å²) >= 11 is 6.33. The first-order valence-electron chi connectivity index (χ1n) is 10.0. The van der Waals surface area contributed by atoms with Gasteiger partial charge in [-0.3, -0.25) is 9.78 Å². The van der Waals surface area contributed by atoms with Crippen LogP contribution in [0.25, 0.3) is 0 Å². The van der Waals surface area contributed by atoms with Crippen molar-refractivity contribution in [2.24, 2.45) is 0 Å². The molecule has 0 aliphatic carbocycles. The van der Waals surface area contributed by atoms with Crippen molar-refractivity contribution >= 4 is 35.0 Å². The van der Waals surface area contributed by atoms with Gasteiger partial charge in [-0.05, 0) is 27.7 Å². The lowest BCUT2D eigenvalue weighted by Gasteiger charge is -2.38. The molecule has 0 unspecified atom stereocenters. The number of pyridine rings is 1. The molecule has 8 nitrogen and oxygen atoms in total. The number of carbonyl (C=O) groups excluding carboxylic acids is 1. The monoisotopic (exact) mass is 434 g/mol. The van der Waals surface area contributed by atoms with Gasteiger partial charge in [-0.25, -0.2) is 0 Å². The predicted molar refractivity (Wildman–Crippen MR) is 121 cm³/mol. The fraction of sp³-hybridized carbons (Fsp3) is 0.524. The highest BCUT2D eigenvalue weighted by atomic mass is 35.5. The second-order valence-corrected chi connectivity index (χ2v) is 7.87. The number of carbonyl (C=O) groups is 1. The molecule has 3 heterocycles. The Hall–Kier alpha value is -2.61. The Labute approximate surface area is 183 Å². The normalized spacial score (nSPS) is 13.2. The minimum Gasteiger partial charge on any atom is -0.496 e. The van der Waals surface area contributed by atoms with E-state index in [2.05, 4.69) is 28.8 Å². The van der Waals surface area contributed by atoms with Crippen LogP contribution in [0.1, 0.15) is 50.9 Å². The zero-order valence-corrected chi connectivity index (χ0v) is 19.5. The topological polar surface area (TPSA) is 97.5 Å². The highest BCUT2D eigenvalue weighted by Crippen LogP contribution is 2.39. The summed E-state index contributed by atoms with van der Waals surface area (Å²) in [6.07, 6.45) is 3.01. The van der Waals surface area contributed by atoms with Crippen LogP contribution in [-0.4, -0.2) is 40.6 Å². The maximum atomic E-state index is 12.8. The average Bonchev–Trinajstić information content (AvgIpc) is 2.65. The van der Waals surface area contributed by atoms with Gasteiger partial charge in [0.15, 0.2) is 11.0 Å². The molecule has 3 rings (SSSR count). The van der Waals surface area contributed by atoms with Crippen LogP contribution in [0.15, 0.2) is 6.20 Å². The summed E-state index contributed by atoms with van der Waals surface area (Å²) in [4.78, 5) is 29.1. The van der Waals surface area contributed by atoms with Gasteiger partial charge in [0, 0.05) is 23.4 Å². The molecule has 9 heteroatoms. The molecule has 164 valence electrons. The molecule has 0 fully saturated rings. The van der Waals surface area contributed by atoms with Crippen LogP contribution >= 0.6 is 11.6 Å². The van der Waals surface area contributed by atoms with E-state index in [0.717, 1.165) is 22.6 Å². The lowest BCUT2D eigenvalue weighted by molar-refractivity contribution is -0.118. The molecule has 2 aromatic heterocycles. The molecule has 30 heavy (non-hydrogen) atoms. The van der Waals surface area contributed by atoms with E-state index >= 15 is 0 Å². The van der Waals surface area contributed by atoms with E-state index in [0.29, 0.717) is 18.1 Å². The van der Waals surface area contributed by atoms with Crippen molar-refractivity contribution in [3.8, 4) is 5.75 Å². The Morgan fingerprint density at radius 3 is 2.47 bits per heavy atom. The van der Waals surface area contributed by atoms with E-state index in [-0.39, 0.29) is 29.6 Å². The molecule has 1 aliphatic rings. The largest absolute Gasteiger partial charge is 0.496 e. The van der Waals surface area contributed by atoms with E-state index in [1.165, 1.54) is 6.42 Å². The standard InChI is InChI=1S/C18H23ClN6O2.C3H8/c1-9(2)25-13(26)8-24(17-14(25)16(19)22-18(20)23-17)7-12-11(4)15(27-5)10(3)6-21-12;1-3-2/h6,9H,7-8H2,1-5H3,(H2,20,22,23);3H2,1-2H3. The maximum absolute atomic E-state index is 12.8. The third kappa shape index (κ3) is 4.75. The van der Waals surface area contributed by atoms with Gasteiger partial charge in [0.25, 0.3) is 0 Å². The molecule has 0 radical (unpaired) electrons. The Kier molecular flexibility index (Phi) is 7.83. The van der Waals surface area contributed by atoms with Crippen molar-refractivity contribution in [3.05, 3.63) is 28.2 Å². The number of ether oxygens (including phenoxy) is 1. The summed E-state index contributed by atoms with van der Waals surface area (Å²) in [5.74, 6) is 1.30. The molecule has 0 saturated heterocycles. The van der Waals surface area contributed by atoms with Crippen molar-refractivity contribution in [3.63, 3.8) is 0 Å². The number of anilines is 3. The number of hydrogen-bond acceptors (Lipinski definition) is 7. The van der Waals surface area contributed by atoms with Crippen molar-refractivity contribution in [2.75, 3.05) is 29.2 Å². The van der Waals surface area contributed by atoms with Crippen LogP contribution in [0.3, 0.4) is 0 Å². The van der Waals surface area contributed by atoms with Gasteiger partial charge in [0.1, 0.15) is 11.4 Å². The third-order valence-electron chi connectivity index (χ3n) is 4.58. The van der Waals surface area contributed by atoms with Gasteiger partial charge in [-0.1, -0.05) is 31.9 Å². The Morgan fingerprint density at radius 2 is 1.90 bits per heavy atom. The van der Waals surface area contributed by atoms with Crippen LogP contribution in [-0.2, 0) is 11.3 Å². The first kappa shape index (κ1) is 23.7. The molecule has 0 atom stereocenters. The molecule has 0 bridgehead atoms. The number of nitrogens with two attached hydrogens (primary N) is 1. The van der Waals surface area contributed by atoms with Crippen LogP contribution in [0, 0.1) is 13.8 Å². The number of aromatic nitrogens is 3. The molecular weight excluding hydrogens is 404 g/mol. The predicted octanol–water partition coefficient (Wildman–Crippen LogP) is 3.91. The highest BCUT2D eigenvalue weighted by molar-refractivity contribution is 6.33. The number of hydrogen-bond donors (Lipinski definition) is 1. The summed E-state index contributed by atoms with van der Waals surface area (Å²) in [7, 11) is 1.63. The van der Waals surface area contributed by atoms with Crippen LogP contribution in [0.2, 0.25) is 5.15 Å². The summed E-state index contributed by atoms with van der Waals surface area (Å²) in [6.45, 7) is 12.5. The van der Waals surface area contributed by atoms with Crippen LogP contribution < -0.4 is 20.3 Å². The molecular formula is C21H31ClN6O2. The van der Waals surface area contributed by atoms with Crippen LogP contribution in [0.5, 0.6) is 5.75 Å². The maximum Gasteiger partial charge on any atom is 0.247 e. The molecule has 2 N–H and O–H groups in total. The number of nitrogen functional groups attached to an aromatic ring is 1.